The molecule has 0 N–H and O–H groups in total. The summed E-state index contributed by atoms with van der Waals surface area (Å²) in [5, 5.41) is -0.0403. The molecule has 0 nitrogen and oxygen atoms in total. The molecule has 0 amide bonds. The molecule has 0 heterocycles. The highest BCUT2D eigenvalue weighted by molar-refractivity contribution is 6.22. The highest BCUT2D eigenvalue weighted by Gasteiger charge is 2.18. The van der Waals surface area contributed by atoms with Gasteiger partial charge in [-0.25, -0.2) is 0 Å². The van der Waals surface area contributed by atoms with Crippen molar-refractivity contribution in [3.8, 4) is 0 Å². The summed E-state index contributed by atoms with van der Waals surface area (Å²) in [5.74, 6) is 0. The Labute approximate surface area is 126 Å². The first-order valence-corrected chi connectivity index (χ1v) is 7.83. The summed E-state index contributed by atoms with van der Waals surface area (Å²) in [6.07, 6.45) is 3.72. The van der Waals surface area contributed by atoms with Gasteiger partial charge in [-0.15, -0.1) is 11.6 Å². The van der Waals surface area contributed by atoms with Crippen LogP contribution in [0.25, 0.3) is 0 Å². The van der Waals surface area contributed by atoms with Crippen LogP contribution in [-0.4, -0.2) is 0 Å². The normalized spacial score (nSPS) is 15.2. The lowest BCUT2D eigenvalue weighted by atomic mass is 9.92. The minimum Gasteiger partial charge on any atom is -0.113 e. The maximum absolute atomic E-state index is 6.80. The van der Waals surface area contributed by atoms with Crippen LogP contribution in [0.4, 0.5) is 0 Å². The molecule has 2 aromatic carbocycles. The zero-order chi connectivity index (χ0) is 14.3. The predicted octanol–water partition coefficient (Wildman–Crippen LogP) is 5.43. The number of halogens is 1. The number of benzene rings is 2. The average Bonchev–Trinajstić information content (AvgIpc) is 2.84. The first kappa shape index (κ1) is 13.7. The number of hydrogen-bond donors (Lipinski definition) is 0. The Morgan fingerprint density at radius 1 is 0.900 bits per heavy atom. The smallest absolute Gasteiger partial charge is 0.0840 e. The van der Waals surface area contributed by atoms with E-state index in [0.717, 1.165) is 0 Å². The van der Waals surface area contributed by atoms with Crippen molar-refractivity contribution in [1.29, 1.82) is 0 Å². The van der Waals surface area contributed by atoms with E-state index in [1.807, 2.05) is 0 Å². The second kappa shape index (κ2) is 5.26. The number of hydrogen-bond acceptors (Lipinski definition) is 0. The van der Waals surface area contributed by atoms with Crippen LogP contribution in [0.2, 0.25) is 0 Å². The standard InChI is InChI=1S/C19H21Cl/c1-12-9-13(2)18(14(3)10-12)19(20)17-8-7-15-5-4-6-16(15)11-17/h7-11,19H,4-6H2,1-3H3. The molecule has 0 aliphatic heterocycles. The van der Waals surface area contributed by atoms with E-state index in [2.05, 4.69) is 51.1 Å². The number of aryl methyl sites for hydroxylation is 5. The topological polar surface area (TPSA) is 0 Å². The van der Waals surface area contributed by atoms with Gasteiger partial charge in [0.05, 0.1) is 5.38 Å². The van der Waals surface area contributed by atoms with Crippen molar-refractivity contribution in [1.82, 2.24) is 0 Å². The second-order valence-electron chi connectivity index (χ2n) is 6.06. The van der Waals surface area contributed by atoms with Gasteiger partial charge in [0.25, 0.3) is 0 Å². The largest absolute Gasteiger partial charge is 0.113 e. The fourth-order valence-corrected chi connectivity index (χ4v) is 3.99. The molecular weight excluding hydrogens is 264 g/mol. The van der Waals surface area contributed by atoms with E-state index in [9.17, 15) is 0 Å². The van der Waals surface area contributed by atoms with Gasteiger partial charge in [0.1, 0.15) is 0 Å². The molecule has 1 aliphatic carbocycles. The average molecular weight is 285 g/mol. The molecule has 1 atom stereocenters. The summed E-state index contributed by atoms with van der Waals surface area (Å²) < 4.78 is 0. The van der Waals surface area contributed by atoms with Gasteiger partial charge in [-0.05, 0) is 73.4 Å². The summed E-state index contributed by atoms with van der Waals surface area (Å²) in [6.45, 7) is 6.47. The van der Waals surface area contributed by atoms with Gasteiger partial charge in [0.15, 0.2) is 0 Å². The number of alkyl halides is 1. The molecule has 0 spiro atoms. The first-order chi connectivity index (χ1) is 9.56. The van der Waals surface area contributed by atoms with E-state index in [0.29, 0.717) is 0 Å². The van der Waals surface area contributed by atoms with Gasteiger partial charge < -0.3 is 0 Å². The number of rotatable bonds is 2. The highest BCUT2D eigenvalue weighted by Crippen LogP contribution is 2.36. The lowest BCUT2D eigenvalue weighted by molar-refractivity contribution is 0.911. The van der Waals surface area contributed by atoms with Crippen molar-refractivity contribution in [2.75, 3.05) is 0 Å². The van der Waals surface area contributed by atoms with Crippen LogP contribution in [0.15, 0.2) is 30.3 Å². The Kier molecular flexibility index (Phi) is 3.60. The van der Waals surface area contributed by atoms with E-state index >= 15 is 0 Å². The molecule has 0 saturated carbocycles. The molecule has 0 fully saturated rings. The summed E-state index contributed by atoms with van der Waals surface area (Å²) in [5.41, 5.74) is 9.41. The molecule has 1 unspecified atom stereocenters. The number of fused-ring (bicyclic) bond motifs is 1. The van der Waals surface area contributed by atoms with Gasteiger partial charge >= 0.3 is 0 Å². The van der Waals surface area contributed by atoms with E-state index in [1.54, 1.807) is 0 Å². The third-order valence-corrected chi connectivity index (χ3v) is 4.88. The zero-order valence-electron chi connectivity index (χ0n) is 12.5. The monoisotopic (exact) mass is 284 g/mol. The maximum Gasteiger partial charge on any atom is 0.0840 e. The van der Waals surface area contributed by atoms with Crippen LogP contribution in [0.3, 0.4) is 0 Å². The maximum atomic E-state index is 6.80. The van der Waals surface area contributed by atoms with E-state index < -0.39 is 0 Å². The third-order valence-electron chi connectivity index (χ3n) is 4.41. The Bertz CT molecular complexity index is 632. The van der Waals surface area contributed by atoms with Crippen LogP contribution in [-0.2, 0) is 12.8 Å². The highest BCUT2D eigenvalue weighted by atomic mass is 35.5. The molecule has 20 heavy (non-hydrogen) atoms. The summed E-state index contributed by atoms with van der Waals surface area (Å²) in [7, 11) is 0. The summed E-state index contributed by atoms with van der Waals surface area (Å²) >= 11 is 6.80. The van der Waals surface area contributed by atoms with Crippen LogP contribution < -0.4 is 0 Å². The Balaban J connectivity index is 2.03. The molecule has 1 heteroatoms. The van der Waals surface area contributed by atoms with Crippen molar-refractivity contribution in [3.05, 3.63) is 69.3 Å². The lowest BCUT2D eigenvalue weighted by Crippen LogP contribution is -2.01. The fourth-order valence-electron chi connectivity index (χ4n) is 3.51. The second-order valence-corrected chi connectivity index (χ2v) is 6.49. The van der Waals surface area contributed by atoms with Crippen LogP contribution in [0.1, 0.15) is 50.7 Å². The minimum absolute atomic E-state index is 0.0403. The molecule has 1 aliphatic rings. The Hall–Kier alpha value is -1.27. The van der Waals surface area contributed by atoms with Gasteiger partial charge in [0.2, 0.25) is 0 Å². The van der Waals surface area contributed by atoms with E-state index in [-0.39, 0.29) is 5.38 Å². The summed E-state index contributed by atoms with van der Waals surface area (Å²) in [4.78, 5) is 0. The third kappa shape index (κ3) is 2.38. The first-order valence-electron chi connectivity index (χ1n) is 7.40. The predicted molar refractivity (Wildman–Crippen MR) is 86.8 cm³/mol. The van der Waals surface area contributed by atoms with Crippen LogP contribution in [0.5, 0.6) is 0 Å². The lowest BCUT2D eigenvalue weighted by Gasteiger charge is -2.18. The van der Waals surface area contributed by atoms with Crippen molar-refractivity contribution >= 4 is 11.6 Å². The minimum atomic E-state index is -0.0403. The fraction of sp³-hybridized carbons (Fsp3) is 0.368. The van der Waals surface area contributed by atoms with Crippen molar-refractivity contribution in [2.24, 2.45) is 0 Å². The van der Waals surface area contributed by atoms with Gasteiger partial charge in [-0.2, -0.15) is 0 Å². The van der Waals surface area contributed by atoms with Crippen molar-refractivity contribution in [3.63, 3.8) is 0 Å². The van der Waals surface area contributed by atoms with E-state index in [1.165, 1.54) is 58.2 Å². The molecule has 0 radical (unpaired) electrons. The molecular formula is C19H21Cl. The molecule has 104 valence electrons. The SMILES string of the molecule is Cc1cc(C)c(C(Cl)c2ccc3c(c2)CCC3)c(C)c1. The zero-order valence-corrected chi connectivity index (χ0v) is 13.2. The quantitative estimate of drug-likeness (QED) is 0.645. The summed E-state index contributed by atoms with van der Waals surface area (Å²) in [6, 6.07) is 11.3. The molecule has 0 aromatic heterocycles. The molecule has 3 rings (SSSR count). The van der Waals surface area contributed by atoms with Crippen LogP contribution >= 0.6 is 11.6 Å². The molecule has 0 saturated heterocycles. The van der Waals surface area contributed by atoms with Crippen molar-refractivity contribution < 1.29 is 0 Å². The van der Waals surface area contributed by atoms with Gasteiger partial charge in [-0.1, -0.05) is 35.9 Å². The van der Waals surface area contributed by atoms with Crippen molar-refractivity contribution in [2.45, 2.75) is 45.4 Å². The molecule has 0 bridgehead atoms. The Morgan fingerprint density at radius 2 is 1.55 bits per heavy atom. The Morgan fingerprint density at radius 3 is 2.25 bits per heavy atom. The van der Waals surface area contributed by atoms with Gasteiger partial charge in [0, 0.05) is 0 Å². The van der Waals surface area contributed by atoms with E-state index in [4.69, 9.17) is 11.6 Å². The van der Waals surface area contributed by atoms with Gasteiger partial charge in [-0.3, -0.25) is 0 Å². The van der Waals surface area contributed by atoms with Crippen LogP contribution in [0, 0.1) is 20.8 Å². The molecule has 2 aromatic rings.